The number of hydrogen-bond donors (Lipinski definition) is 3. The van der Waals surface area contributed by atoms with Gasteiger partial charge >= 0.3 is 0 Å². The van der Waals surface area contributed by atoms with Crippen LogP contribution in [0, 0.1) is 0 Å². The largest absolute Gasteiger partial charge is 0.370 e. The maximum Gasteiger partial charge on any atom is 0.220 e. The van der Waals surface area contributed by atoms with Gasteiger partial charge < -0.3 is 16.0 Å². The van der Waals surface area contributed by atoms with E-state index in [0.717, 1.165) is 49.1 Å². The molecule has 0 spiro atoms. The number of carbonyl (C=O) groups excluding carboxylic acids is 1. The van der Waals surface area contributed by atoms with Crippen LogP contribution < -0.4 is 16.0 Å². The van der Waals surface area contributed by atoms with E-state index >= 15 is 0 Å². The molecule has 1 saturated carbocycles. The van der Waals surface area contributed by atoms with Crippen LogP contribution in [-0.4, -0.2) is 41.3 Å². The van der Waals surface area contributed by atoms with E-state index < -0.39 is 0 Å². The minimum Gasteiger partial charge on any atom is -0.370 e. The van der Waals surface area contributed by atoms with E-state index in [1.54, 1.807) is 0 Å². The first-order chi connectivity index (χ1) is 10.2. The lowest BCUT2D eigenvalue weighted by Crippen LogP contribution is -2.25. The molecule has 0 aromatic carbocycles. The molecule has 1 aliphatic rings. The van der Waals surface area contributed by atoms with Crippen LogP contribution in [0.1, 0.15) is 32.6 Å². The van der Waals surface area contributed by atoms with Crippen molar-refractivity contribution >= 4 is 29.3 Å². The number of nitrogens with zero attached hydrogens (tertiary/aromatic N) is 2. The molecule has 1 aromatic heterocycles. The van der Waals surface area contributed by atoms with Gasteiger partial charge in [0.15, 0.2) is 5.16 Å². The molecule has 0 aliphatic heterocycles. The Morgan fingerprint density at radius 3 is 2.67 bits per heavy atom. The van der Waals surface area contributed by atoms with Gasteiger partial charge in [0.25, 0.3) is 0 Å². The van der Waals surface area contributed by atoms with Gasteiger partial charge in [0.05, 0.1) is 0 Å². The predicted molar refractivity (Wildman–Crippen MR) is 86.9 cm³/mol. The molecule has 0 unspecified atom stereocenters. The van der Waals surface area contributed by atoms with Crippen molar-refractivity contribution in [2.24, 2.45) is 0 Å². The Morgan fingerprint density at radius 2 is 2.05 bits per heavy atom. The Kier molecular flexibility index (Phi) is 6.10. The van der Waals surface area contributed by atoms with Crippen LogP contribution in [-0.2, 0) is 4.79 Å². The summed E-state index contributed by atoms with van der Waals surface area (Å²) in [7, 11) is 0. The van der Waals surface area contributed by atoms with Gasteiger partial charge in [0.1, 0.15) is 11.6 Å². The van der Waals surface area contributed by atoms with Gasteiger partial charge in [-0.2, -0.15) is 0 Å². The van der Waals surface area contributed by atoms with E-state index in [4.69, 9.17) is 0 Å². The molecule has 116 valence electrons. The maximum absolute atomic E-state index is 11.6. The standard InChI is InChI=1S/C14H23N5OS/c1-3-15-11-9-12(19-14(18-11)21-2)16-8-4-5-13(20)17-10-6-7-10/h9-10H,3-8H2,1-2H3,(H,17,20)(H2,15,16,18,19). The molecular weight excluding hydrogens is 286 g/mol. The molecule has 1 fully saturated rings. The summed E-state index contributed by atoms with van der Waals surface area (Å²) < 4.78 is 0. The molecule has 6 nitrogen and oxygen atoms in total. The van der Waals surface area contributed by atoms with Crippen LogP contribution in [0.5, 0.6) is 0 Å². The van der Waals surface area contributed by atoms with E-state index in [-0.39, 0.29) is 5.91 Å². The van der Waals surface area contributed by atoms with Crippen molar-refractivity contribution in [2.45, 2.75) is 43.8 Å². The van der Waals surface area contributed by atoms with Crippen molar-refractivity contribution in [3.8, 4) is 0 Å². The zero-order valence-corrected chi connectivity index (χ0v) is 13.4. The lowest BCUT2D eigenvalue weighted by atomic mass is 10.3. The lowest BCUT2D eigenvalue weighted by molar-refractivity contribution is -0.121. The van der Waals surface area contributed by atoms with Crippen molar-refractivity contribution in [1.82, 2.24) is 15.3 Å². The summed E-state index contributed by atoms with van der Waals surface area (Å²) in [6.07, 6.45) is 5.58. The highest BCUT2D eigenvalue weighted by molar-refractivity contribution is 7.98. The molecule has 0 radical (unpaired) electrons. The van der Waals surface area contributed by atoms with E-state index in [1.807, 2.05) is 19.2 Å². The molecule has 1 aromatic rings. The Labute approximate surface area is 129 Å². The summed E-state index contributed by atoms with van der Waals surface area (Å²) in [5.41, 5.74) is 0. The SMILES string of the molecule is CCNc1cc(NCCCC(=O)NC2CC2)nc(SC)n1. The summed E-state index contributed by atoms with van der Waals surface area (Å²) in [6, 6.07) is 2.34. The molecule has 7 heteroatoms. The first kappa shape index (κ1) is 15.9. The van der Waals surface area contributed by atoms with Gasteiger partial charge in [-0.1, -0.05) is 11.8 Å². The normalized spacial score (nSPS) is 13.8. The monoisotopic (exact) mass is 309 g/mol. The van der Waals surface area contributed by atoms with Crippen molar-refractivity contribution in [1.29, 1.82) is 0 Å². The number of aromatic nitrogens is 2. The number of hydrogen-bond acceptors (Lipinski definition) is 6. The smallest absolute Gasteiger partial charge is 0.220 e. The molecule has 3 N–H and O–H groups in total. The van der Waals surface area contributed by atoms with E-state index in [2.05, 4.69) is 25.9 Å². The third kappa shape index (κ3) is 5.79. The fourth-order valence-electron chi connectivity index (χ4n) is 1.87. The molecule has 2 rings (SSSR count). The van der Waals surface area contributed by atoms with Crippen LogP contribution in [0.2, 0.25) is 0 Å². The number of nitrogens with one attached hydrogen (secondary N) is 3. The second-order valence-electron chi connectivity index (χ2n) is 5.03. The van der Waals surface area contributed by atoms with Crippen molar-refractivity contribution in [2.75, 3.05) is 30.0 Å². The van der Waals surface area contributed by atoms with E-state index in [9.17, 15) is 4.79 Å². The third-order valence-electron chi connectivity index (χ3n) is 3.08. The van der Waals surface area contributed by atoms with E-state index in [0.29, 0.717) is 12.5 Å². The quantitative estimate of drug-likeness (QED) is 0.368. The van der Waals surface area contributed by atoms with Gasteiger partial charge in [-0.15, -0.1) is 0 Å². The van der Waals surface area contributed by atoms with Crippen LogP contribution in [0.3, 0.4) is 0 Å². The molecule has 0 bridgehead atoms. The Morgan fingerprint density at radius 1 is 1.33 bits per heavy atom. The maximum atomic E-state index is 11.6. The molecule has 0 saturated heterocycles. The average molecular weight is 309 g/mol. The van der Waals surface area contributed by atoms with Crippen LogP contribution in [0.15, 0.2) is 11.2 Å². The first-order valence-corrected chi connectivity index (χ1v) is 8.64. The van der Waals surface area contributed by atoms with Gasteiger partial charge in [0, 0.05) is 31.6 Å². The van der Waals surface area contributed by atoms with Crippen molar-refractivity contribution in [3.63, 3.8) is 0 Å². The van der Waals surface area contributed by atoms with Crippen LogP contribution >= 0.6 is 11.8 Å². The van der Waals surface area contributed by atoms with Crippen LogP contribution in [0.25, 0.3) is 0 Å². The Bertz CT molecular complexity index is 478. The lowest BCUT2D eigenvalue weighted by Gasteiger charge is -2.09. The second-order valence-corrected chi connectivity index (χ2v) is 5.80. The third-order valence-corrected chi connectivity index (χ3v) is 3.62. The Balaban J connectivity index is 1.75. The second kappa shape index (κ2) is 8.07. The fraction of sp³-hybridized carbons (Fsp3) is 0.643. The summed E-state index contributed by atoms with van der Waals surface area (Å²) in [6.45, 7) is 3.59. The highest BCUT2D eigenvalue weighted by Crippen LogP contribution is 2.19. The van der Waals surface area contributed by atoms with Gasteiger partial charge in [-0.05, 0) is 32.4 Å². The summed E-state index contributed by atoms with van der Waals surface area (Å²) in [4.78, 5) is 20.4. The van der Waals surface area contributed by atoms with Gasteiger partial charge in [-0.3, -0.25) is 4.79 Å². The van der Waals surface area contributed by atoms with Crippen molar-refractivity contribution < 1.29 is 4.79 Å². The molecule has 21 heavy (non-hydrogen) atoms. The topological polar surface area (TPSA) is 78.9 Å². The molecule has 1 heterocycles. The number of anilines is 2. The summed E-state index contributed by atoms with van der Waals surface area (Å²) in [5.74, 6) is 1.78. The number of carbonyl (C=O) groups is 1. The highest BCUT2D eigenvalue weighted by Gasteiger charge is 2.22. The summed E-state index contributed by atoms with van der Waals surface area (Å²) >= 11 is 1.51. The summed E-state index contributed by atoms with van der Waals surface area (Å²) in [5, 5.41) is 10.2. The molecule has 0 atom stereocenters. The fourth-order valence-corrected chi connectivity index (χ4v) is 2.25. The minimum absolute atomic E-state index is 0.153. The number of thioether (sulfide) groups is 1. The predicted octanol–water partition coefficient (Wildman–Crippen LogP) is 2.10. The zero-order chi connectivity index (χ0) is 15.1. The molecule has 1 amide bonds. The highest BCUT2D eigenvalue weighted by atomic mass is 32.2. The van der Waals surface area contributed by atoms with Gasteiger partial charge in [-0.25, -0.2) is 9.97 Å². The van der Waals surface area contributed by atoms with Gasteiger partial charge in [0.2, 0.25) is 5.91 Å². The average Bonchev–Trinajstić information content (AvgIpc) is 3.27. The zero-order valence-electron chi connectivity index (χ0n) is 12.6. The first-order valence-electron chi connectivity index (χ1n) is 7.41. The van der Waals surface area contributed by atoms with Crippen LogP contribution in [0.4, 0.5) is 11.6 Å². The number of amides is 1. The van der Waals surface area contributed by atoms with Crippen molar-refractivity contribution in [3.05, 3.63) is 6.07 Å². The molecule has 1 aliphatic carbocycles. The minimum atomic E-state index is 0.153. The molecular formula is C14H23N5OS. The number of rotatable bonds is 9. The Hall–Kier alpha value is -1.50. The van der Waals surface area contributed by atoms with E-state index in [1.165, 1.54) is 11.8 Å².